The second-order valence-corrected chi connectivity index (χ2v) is 5.58. The van der Waals surface area contributed by atoms with Crippen molar-refractivity contribution >= 4 is 23.4 Å². The number of rotatable bonds is 9. The van der Waals surface area contributed by atoms with E-state index in [1.807, 2.05) is 19.1 Å². The molecule has 0 radical (unpaired) electrons. The van der Waals surface area contributed by atoms with Crippen LogP contribution in [0.25, 0.3) is 0 Å². The summed E-state index contributed by atoms with van der Waals surface area (Å²) in [5, 5.41) is 6.44. The smallest absolute Gasteiger partial charge is 0.352 e. The van der Waals surface area contributed by atoms with Crippen LogP contribution < -0.4 is 14.8 Å². The molecule has 25 heavy (non-hydrogen) atoms. The molecule has 0 bridgehead atoms. The van der Waals surface area contributed by atoms with Gasteiger partial charge in [0.25, 0.3) is 5.91 Å². The highest BCUT2D eigenvalue weighted by atomic mass is 32.1. The maximum atomic E-state index is 11.9. The third-order valence-corrected chi connectivity index (χ3v) is 3.91. The van der Waals surface area contributed by atoms with E-state index in [4.69, 9.17) is 14.2 Å². The lowest BCUT2D eigenvalue weighted by Crippen LogP contribution is -2.32. The molecule has 134 valence electrons. The summed E-state index contributed by atoms with van der Waals surface area (Å²) in [6.45, 7) is 2.03. The Hall–Kier alpha value is -2.68. The lowest BCUT2D eigenvalue weighted by Gasteiger charge is -2.11. The van der Waals surface area contributed by atoms with Crippen molar-refractivity contribution < 1.29 is 23.8 Å². The minimum absolute atomic E-state index is 0.263. The van der Waals surface area contributed by atoms with Crippen LogP contribution in [0.3, 0.4) is 0 Å². The summed E-state index contributed by atoms with van der Waals surface area (Å²) in [5.41, 5.74) is 0.570. The Morgan fingerprint density at radius 3 is 2.72 bits per heavy atom. The van der Waals surface area contributed by atoms with Gasteiger partial charge in [-0.25, -0.2) is 4.79 Å². The van der Waals surface area contributed by atoms with E-state index in [0.29, 0.717) is 28.5 Å². The summed E-state index contributed by atoms with van der Waals surface area (Å²) >= 11 is 0.957. The molecule has 2 aromatic rings. The van der Waals surface area contributed by atoms with Crippen molar-refractivity contribution in [3.63, 3.8) is 0 Å². The van der Waals surface area contributed by atoms with Crippen LogP contribution in [0.1, 0.15) is 22.3 Å². The van der Waals surface area contributed by atoms with Crippen LogP contribution in [0.4, 0.5) is 0 Å². The average Bonchev–Trinajstić information content (AvgIpc) is 3.12. The first-order valence-electron chi connectivity index (χ1n) is 7.66. The van der Waals surface area contributed by atoms with Gasteiger partial charge in [-0.2, -0.15) is 0 Å². The van der Waals surface area contributed by atoms with Crippen molar-refractivity contribution in [3.8, 4) is 11.5 Å². The van der Waals surface area contributed by atoms with E-state index in [-0.39, 0.29) is 19.8 Å². The Kier molecular flexibility index (Phi) is 7.15. The molecule has 0 saturated carbocycles. The molecular formula is C16H19N3O5S. The first-order chi connectivity index (χ1) is 12.2. The molecule has 1 heterocycles. The number of para-hydroxylation sites is 2. The summed E-state index contributed by atoms with van der Waals surface area (Å²) in [6, 6.07) is 7.22. The molecule has 0 saturated heterocycles. The fourth-order valence-corrected chi connectivity index (χ4v) is 2.58. The highest BCUT2D eigenvalue weighted by Gasteiger charge is 2.17. The molecule has 8 nitrogen and oxygen atoms in total. The molecule has 1 N–H and O–H groups in total. The Bertz CT molecular complexity index is 719. The molecule has 0 aliphatic carbocycles. The van der Waals surface area contributed by atoms with E-state index in [0.717, 1.165) is 11.5 Å². The van der Waals surface area contributed by atoms with Crippen molar-refractivity contribution in [1.29, 1.82) is 0 Å². The minimum Gasteiger partial charge on any atom is -0.493 e. The summed E-state index contributed by atoms with van der Waals surface area (Å²) in [7, 11) is 1.56. The number of nitrogens with zero attached hydrogens (tertiary/aromatic N) is 2. The van der Waals surface area contributed by atoms with Gasteiger partial charge in [0, 0.05) is 0 Å². The maximum Gasteiger partial charge on any atom is 0.352 e. The second-order valence-electron chi connectivity index (χ2n) is 4.83. The number of nitrogens with one attached hydrogen (secondary N) is 1. The topological polar surface area (TPSA) is 99.6 Å². The van der Waals surface area contributed by atoms with Gasteiger partial charge in [0.05, 0.1) is 19.3 Å². The van der Waals surface area contributed by atoms with E-state index in [1.54, 1.807) is 19.2 Å². The number of aryl methyl sites for hydroxylation is 1. The van der Waals surface area contributed by atoms with Crippen LogP contribution in [0.2, 0.25) is 0 Å². The first-order valence-corrected chi connectivity index (χ1v) is 8.44. The summed E-state index contributed by atoms with van der Waals surface area (Å²) < 4.78 is 19.4. The Labute approximate surface area is 149 Å². The van der Waals surface area contributed by atoms with E-state index in [9.17, 15) is 9.59 Å². The fraction of sp³-hybridized carbons (Fsp3) is 0.375. The quantitative estimate of drug-likeness (QED) is 0.530. The van der Waals surface area contributed by atoms with Crippen molar-refractivity contribution in [3.05, 3.63) is 34.8 Å². The number of esters is 1. The number of aromatic nitrogens is 2. The van der Waals surface area contributed by atoms with Crippen LogP contribution in [0, 0.1) is 0 Å². The number of methoxy groups -OCH3 is 1. The van der Waals surface area contributed by atoms with Gasteiger partial charge in [-0.1, -0.05) is 23.5 Å². The number of benzene rings is 1. The lowest BCUT2D eigenvalue weighted by molar-refractivity contribution is -0.124. The second kappa shape index (κ2) is 9.58. The monoisotopic (exact) mass is 365 g/mol. The predicted octanol–water partition coefficient (Wildman–Crippen LogP) is 1.46. The van der Waals surface area contributed by atoms with Crippen molar-refractivity contribution in [1.82, 2.24) is 14.9 Å². The molecule has 1 amide bonds. The summed E-state index contributed by atoms with van der Waals surface area (Å²) in [6.07, 6.45) is 0.577. The van der Waals surface area contributed by atoms with Crippen LogP contribution >= 0.6 is 11.5 Å². The fourth-order valence-electron chi connectivity index (χ4n) is 1.93. The van der Waals surface area contributed by atoms with Gasteiger partial charge >= 0.3 is 5.97 Å². The Balaban J connectivity index is 1.68. The molecule has 0 aliphatic heterocycles. The third kappa shape index (κ3) is 5.42. The van der Waals surface area contributed by atoms with Gasteiger partial charge in [0.1, 0.15) is 6.61 Å². The standard InChI is InChI=1S/C16H19N3O5S/c1-3-11-15(25-19-18-11)16(21)24-10-14(20)17-8-9-23-13-7-5-4-6-12(13)22-2/h4-7H,3,8-10H2,1-2H3,(H,17,20). The van der Waals surface area contributed by atoms with Crippen molar-refractivity contribution in [2.75, 3.05) is 26.9 Å². The molecule has 2 rings (SSSR count). The maximum absolute atomic E-state index is 11.9. The van der Waals surface area contributed by atoms with E-state index in [1.165, 1.54) is 0 Å². The van der Waals surface area contributed by atoms with Crippen LogP contribution in [0.5, 0.6) is 11.5 Å². The number of ether oxygens (including phenoxy) is 3. The Morgan fingerprint density at radius 1 is 1.24 bits per heavy atom. The lowest BCUT2D eigenvalue weighted by atomic mass is 10.3. The molecule has 0 atom stereocenters. The molecule has 0 unspecified atom stereocenters. The first kappa shape index (κ1) is 18.7. The minimum atomic E-state index is -0.590. The van der Waals surface area contributed by atoms with Crippen molar-refractivity contribution in [2.45, 2.75) is 13.3 Å². The highest BCUT2D eigenvalue weighted by molar-refractivity contribution is 7.07. The molecule has 1 aromatic heterocycles. The number of hydrogen-bond donors (Lipinski definition) is 1. The molecule has 0 aliphatic rings. The van der Waals surface area contributed by atoms with Crippen LogP contribution in [0.15, 0.2) is 24.3 Å². The van der Waals surface area contributed by atoms with Gasteiger partial charge in [0.15, 0.2) is 23.0 Å². The summed E-state index contributed by atoms with van der Waals surface area (Å²) in [4.78, 5) is 23.9. The summed E-state index contributed by atoms with van der Waals surface area (Å²) in [5.74, 6) is 0.211. The zero-order valence-electron chi connectivity index (χ0n) is 14.0. The zero-order valence-corrected chi connectivity index (χ0v) is 14.8. The average molecular weight is 365 g/mol. The molecule has 9 heteroatoms. The SMILES string of the molecule is CCc1nnsc1C(=O)OCC(=O)NCCOc1ccccc1OC. The molecular weight excluding hydrogens is 346 g/mol. The van der Waals surface area contributed by atoms with E-state index >= 15 is 0 Å². The van der Waals surface area contributed by atoms with Gasteiger partial charge in [0.2, 0.25) is 0 Å². The number of carbonyl (C=O) groups excluding carboxylic acids is 2. The van der Waals surface area contributed by atoms with Gasteiger partial charge in [-0.05, 0) is 30.1 Å². The largest absolute Gasteiger partial charge is 0.493 e. The number of hydrogen-bond acceptors (Lipinski definition) is 8. The van der Waals surface area contributed by atoms with Crippen LogP contribution in [-0.4, -0.2) is 48.3 Å². The molecule has 1 aromatic carbocycles. The third-order valence-electron chi connectivity index (χ3n) is 3.16. The van der Waals surface area contributed by atoms with Gasteiger partial charge in [-0.3, -0.25) is 4.79 Å². The van der Waals surface area contributed by atoms with Gasteiger partial charge in [-0.15, -0.1) is 5.10 Å². The highest BCUT2D eigenvalue weighted by Crippen LogP contribution is 2.25. The van der Waals surface area contributed by atoms with Crippen molar-refractivity contribution in [2.24, 2.45) is 0 Å². The van der Waals surface area contributed by atoms with Gasteiger partial charge < -0.3 is 19.5 Å². The van der Waals surface area contributed by atoms with E-state index < -0.39 is 11.9 Å². The molecule has 0 fully saturated rings. The Morgan fingerprint density at radius 2 is 2.00 bits per heavy atom. The van der Waals surface area contributed by atoms with E-state index in [2.05, 4.69) is 14.9 Å². The number of amides is 1. The number of carbonyl (C=O) groups is 2. The normalized spacial score (nSPS) is 10.2. The predicted molar refractivity (Wildman–Crippen MR) is 91.1 cm³/mol. The molecule has 0 spiro atoms. The van der Waals surface area contributed by atoms with Crippen LogP contribution in [-0.2, 0) is 16.0 Å². The zero-order chi connectivity index (χ0) is 18.1.